The van der Waals surface area contributed by atoms with Crippen molar-refractivity contribution >= 4 is 33.4 Å². The van der Waals surface area contributed by atoms with Crippen molar-refractivity contribution in [3.63, 3.8) is 0 Å². The Morgan fingerprint density at radius 1 is 1.04 bits per heavy atom. The average Bonchev–Trinajstić information content (AvgIpc) is 2.66. The van der Waals surface area contributed by atoms with E-state index < -0.39 is 15.9 Å². The van der Waals surface area contributed by atoms with Gasteiger partial charge in [0.1, 0.15) is 11.5 Å². The number of sulfonamides is 1. The van der Waals surface area contributed by atoms with Crippen LogP contribution in [0.3, 0.4) is 0 Å². The molecule has 146 valence electrons. The normalized spacial score (nSPS) is 11.3. The van der Waals surface area contributed by atoms with Crippen LogP contribution in [0, 0.1) is 0 Å². The summed E-state index contributed by atoms with van der Waals surface area (Å²) in [5.74, 6) is 0.341. The predicted molar refractivity (Wildman–Crippen MR) is 107 cm³/mol. The molecule has 0 bridgehead atoms. The molecule has 2 aromatic rings. The number of nitrogens with zero attached hydrogens (tertiary/aromatic N) is 1. The molecule has 9 heteroatoms. The van der Waals surface area contributed by atoms with E-state index in [1.807, 2.05) is 12.3 Å². The summed E-state index contributed by atoms with van der Waals surface area (Å²) in [4.78, 5) is 13.8. The van der Waals surface area contributed by atoms with Crippen molar-refractivity contribution in [1.82, 2.24) is 4.31 Å². The van der Waals surface area contributed by atoms with Gasteiger partial charge >= 0.3 is 0 Å². The van der Waals surface area contributed by atoms with E-state index >= 15 is 0 Å². The number of hydrogen-bond donors (Lipinski definition) is 1. The van der Waals surface area contributed by atoms with Crippen LogP contribution in [0.25, 0.3) is 0 Å². The van der Waals surface area contributed by atoms with Crippen molar-refractivity contribution < 1.29 is 22.7 Å². The summed E-state index contributed by atoms with van der Waals surface area (Å²) in [5.41, 5.74) is 0.583. The summed E-state index contributed by atoms with van der Waals surface area (Å²) in [6.07, 6.45) is 1.93. The van der Waals surface area contributed by atoms with Gasteiger partial charge in [-0.25, -0.2) is 12.7 Å². The zero-order valence-electron chi connectivity index (χ0n) is 15.8. The molecule has 0 aliphatic carbocycles. The topological polar surface area (TPSA) is 84.9 Å². The minimum Gasteiger partial charge on any atom is -0.496 e. The standard InChI is InChI=1S/C18H22N2O5S2/c1-20(2)27(22,23)13-7-9-16(24-3)15(11-13)19-18(21)14-8-6-12(26-5)10-17(14)25-4/h6-11H,1-5H3,(H,19,21). The molecule has 2 rings (SSSR count). The summed E-state index contributed by atoms with van der Waals surface area (Å²) in [7, 11) is 2.16. The van der Waals surface area contributed by atoms with Gasteiger partial charge < -0.3 is 14.8 Å². The van der Waals surface area contributed by atoms with Crippen LogP contribution in [0.5, 0.6) is 11.5 Å². The molecule has 0 saturated heterocycles. The van der Waals surface area contributed by atoms with Gasteiger partial charge in [0.25, 0.3) is 5.91 Å². The van der Waals surface area contributed by atoms with Gasteiger partial charge in [-0.15, -0.1) is 11.8 Å². The molecular formula is C18H22N2O5S2. The van der Waals surface area contributed by atoms with Gasteiger partial charge in [0.05, 0.1) is 30.4 Å². The van der Waals surface area contributed by atoms with E-state index in [2.05, 4.69) is 5.32 Å². The minimum absolute atomic E-state index is 0.0493. The number of rotatable bonds is 7. The molecule has 27 heavy (non-hydrogen) atoms. The molecule has 1 N–H and O–H groups in total. The van der Waals surface area contributed by atoms with E-state index in [0.717, 1.165) is 9.20 Å². The van der Waals surface area contributed by atoms with Crippen LogP contribution in [0.1, 0.15) is 10.4 Å². The number of hydrogen-bond acceptors (Lipinski definition) is 6. The highest BCUT2D eigenvalue weighted by atomic mass is 32.2. The first kappa shape index (κ1) is 21.1. The van der Waals surface area contributed by atoms with Crippen LogP contribution in [-0.4, -0.2) is 53.2 Å². The summed E-state index contributed by atoms with van der Waals surface area (Å²) in [6.45, 7) is 0. The Bertz CT molecular complexity index is 943. The molecule has 0 aliphatic heterocycles. The Morgan fingerprint density at radius 3 is 2.26 bits per heavy atom. The number of nitrogens with one attached hydrogen (secondary N) is 1. The first-order valence-corrected chi connectivity index (χ1v) is 10.5. The predicted octanol–water partition coefficient (Wildman–Crippen LogP) is 2.93. The van der Waals surface area contributed by atoms with E-state index in [1.165, 1.54) is 58.3 Å². The van der Waals surface area contributed by atoms with Gasteiger partial charge in [-0.05, 0) is 42.7 Å². The Hall–Kier alpha value is -2.23. The molecule has 0 fully saturated rings. The number of benzene rings is 2. The van der Waals surface area contributed by atoms with Gasteiger partial charge in [0, 0.05) is 19.0 Å². The van der Waals surface area contributed by atoms with E-state index in [9.17, 15) is 13.2 Å². The third kappa shape index (κ3) is 4.55. The maximum atomic E-state index is 12.7. The summed E-state index contributed by atoms with van der Waals surface area (Å²) >= 11 is 1.53. The molecule has 1 amide bonds. The van der Waals surface area contributed by atoms with Gasteiger partial charge in [-0.2, -0.15) is 0 Å². The van der Waals surface area contributed by atoms with E-state index in [-0.39, 0.29) is 10.6 Å². The lowest BCUT2D eigenvalue weighted by atomic mass is 10.1. The molecule has 0 spiro atoms. The van der Waals surface area contributed by atoms with Crippen LogP contribution in [0.15, 0.2) is 46.2 Å². The number of thioether (sulfide) groups is 1. The highest BCUT2D eigenvalue weighted by Gasteiger charge is 2.21. The van der Waals surface area contributed by atoms with Crippen LogP contribution < -0.4 is 14.8 Å². The highest BCUT2D eigenvalue weighted by Crippen LogP contribution is 2.31. The number of ether oxygens (including phenoxy) is 2. The first-order chi connectivity index (χ1) is 12.7. The smallest absolute Gasteiger partial charge is 0.259 e. The summed E-state index contributed by atoms with van der Waals surface area (Å²) < 4.78 is 36.4. The molecule has 0 aliphatic rings. The summed E-state index contributed by atoms with van der Waals surface area (Å²) in [5, 5.41) is 2.71. The number of anilines is 1. The second kappa shape index (κ2) is 8.64. The largest absolute Gasteiger partial charge is 0.496 e. The van der Waals surface area contributed by atoms with Crippen LogP contribution in [0.4, 0.5) is 5.69 Å². The van der Waals surface area contributed by atoms with Crippen molar-refractivity contribution in [2.75, 3.05) is 39.9 Å². The van der Waals surface area contributed by atoms with Crippen molar-refractivity contribution in [1.29, 1.82) is 0 Å². The minimum atomic E-state index is -3.65. The number of carbonyl (C=O) groups is 1. The van der Waals surface area contributed by atoms with Crippen LogP contribution in [0.2, 0.25) is 0 Å². The number of carbonyl (C=O) groups excluding carboxylic acids is 1. The van der Waals surface area contributed by atoms with E-state index in [4.69, 9.17) is 9.47 Å². The van der Waals surface area contributed by atoms with Crippen molar-refractivity contribution in [2.24, 2.45) is 0 Å². The third-order valence-electron chi connectivity index (χ3n) is 3.85. The van der Waals surface area contributed by atoms with E-state index in [1.54, 1.807) is 12.1 Å². The molecule has 0 aromatic heterocycles. The Labute approximate surface area is 163 Å². The molecular weight excluding hydrogens is 388 g/mol. The fourth-order valence-electron chi connectivity index (χ4n) is 2.33. The van der Waals surface area contributed by atoms with E-state index in [0.29, 0.717) is 17.1 Å². The van der Waals surface area contributed by atoms with Gasteiger partial charge in [-0.3, -0.25) is 4.79 Å². The number of amides is 1. The average molecular weight is 411 g/mol. The highest BCUT2D eigenvalue weighted by molar-refractivity contribution is 7.98. The zero-order valence-corrected chi connectivity index (χ0v) is 17.4. The molecule has 7 nitrogen and oxygen atoms in total. The zero-order chi connectivity index (χ0) is 20.2. The van der Waals surface area contributed by atoms with Gasteiger partial charge in [-0.1, -0.05) is 0 Å². The maximum absolute atomic E-state index is 12.7. The van der Waals surface area contributed by atoms with Crippen molar-refractivity contribution in [2.45, 2.75) is 9.79 Å². The Kier molecular flexibility index (Phi) is 6.74. The molecule has 0 saturated carbocycles. The van der Waals surface area contributed by atoms with Crippen LogP contribution in [-0.2, 0) is 10.0 Å². The van der Waals surface area contributed by atoms with Crippen molar-refractivity contribution in [3.05, 3.63) is 42.0 Å². The fourth-order valence-corrected chi connectivity index (χ4v) is 3.69. The fraction of sp³-hybridized carbons (Fsp3) is 0.278. The lowest BCUT2D eigenvalue weighted by Crippen LogP contribution is -2.22. The second-order valence-corrected chi connectivity index (χ2v) is 8.70. The maximum Gasteiger partial charge on any atom is 0.259 e. The molecule has 0 unspecified atom stereocenters. The van der Waals surface area contributed by atoms with Crippen molar-refractivity contribution in [3.8, 4) is 11.5 Å². The Balaban J connectivity index is 2.43. The summed E-state index contributed by atoms with van der Waals surface area (Å²) in [6, 6.07) is 9.54. The first-order valence-electron chi connectivity index (χ1n) is 7.88. The molecule has 2 aromatic carbocycles. The third-order valence-corrected chi connectivity index (χ3v) is 6.39. The molecule has 0 atom stereocenters. The lowest BCUT2D eigenvalue weighted by molar-refractivity contribution is 0.102. The lowest BCUT2D eigenvalue weighted by Gasteiger charge is -2.16. The van der Waals surface area contributed by atoms with Gasteiger partial charge in [0.2, 0.25) is 10.0 Å². The number of methoxy groups -OCH3 is 2. The quantitative estimate of drug-likeness (QED) is 0.707. The molecule has 0 heterocycles. The van der Waals surface area contributed by atoms with Gasteiger partial charge in [0.15, 0.2) is 0 Å². The molecule has 0 radical (unpaired) electrons. The second-order valence-electron chi connectivity index (χ2n) is 5.67. The van der Waals surface area contributed by atoms with Crippen LogP contribution >= 0.6 is 11.8 Å². The SMILES string of the molecule is COc1ccc(S(=O)(=O)N(C)C)cc1NC(=O)c1ccc(SC)cc1OC. The Morgan fingerprint density at radius 2 is 1.70 bits per heavy atom. The monoisotopic (exact) mass is 410 g/mol.